The van der Waals surface area contributed by atoms with E-state index >= 15 is 0 Å². The Morgan fingerprint density at radius 1 is 1.47 bits per heavy atom. The van der Waals surface area contributed by atoms with Crippen molar-refractivity contribution in [2.45, 2.75) is 6.54 Å². The van der Waals surface area contributed by atoms with Crippen LogP contribution >= 0.6 is 15.9 Å². The molecule has 1 N–H and O–H groups in total. The fourth-order valence-corrected chi connectivity index (χ4v) is 1.90. The van der Waals surface area contributed by atoms with Crippen LogP contribution in [-0.4, -0.2) is 39.8 Å². The third kappa shape index (κ3) is 3.37. The lowest BCUT2D eigenvalue weighted by atomic mass is 9.99. The zero-order chi connectivity index (χ0) is 13.8. The maximum atomic E-state index is 11.8. The van der Waals surface area contributed by atoms with Crippen LogP contribution in [0.5, 0.6) is 0 Å². The van der Waals surface area contributed by atoms with Gasteiger partial charge in [-0.05, 0) is 22.0 Å². The normalized spacial score (nSPS) is 14.7. The summed E-state index contributed by atoms with van der Waals surface area (Å²) in [4.78, 5) is 32.7. The quantitative estimate of drug-likeness (QED) is 0.818. The minimum absolute atomic E-state index is 0.0837. The molecule has 0 unspecified atom stereocenters. The molecule has 100 valence electrons. The van der Waals surface area contributed by atoms with Crippen molar-refractivity contribution in [2.24, 2.45) is 5.92 Å². The molecule has 0 radical (unpaired) electrons. The summed E-state index contributed by atoms with van der Waals surface area (Å²) in [6.45, 7) is 4.58. The maximum Gasteiger partial charge on any atom is 0.246 e. The summed E-state index contributed by atoms with van der Waals surface area (Å²) in [5, 5.41) is 2.75. The van der Waals surface area contributed by atoms with Crippen LogP contribution < -0.4 is 5.32 Å². The highest BCUT2D eigenvalue weighted by atomic mass is 79.9. The van der Waals surface area contributed by atoms with Crippen molar-refractivity contribution in [2.75, 3.05) is 13.1 Å². The van der Waals surface area contributed by atoms with Gasteiger partial charge in [0.15, 0.2) is 0 Å². The highest BCUT2D eigenvalue weighted by Gasteiger charge is 2.34. The molecule has 2 heterocycles. The van der Waals surface area contributed by atoms with Gasteiger partial charge in [0, 0.05) is 25.5 Å². The SMILES string of the molecule is C=CC(=O)N1CC(C(=O)NCc2ncc(Br)cn2)C1. The Balaban J connectivity index is 1.76. The van der Waals surface area contributed by atoms with Crippen molar-refractivity contribution in [1.29, 1.82) is 0 Å². The molecule has 0 aliphatic carbocycles. The van der Waals surface area contributed by atoms with E-state index in [1.54, 1.807) is 17.3 Å². The zero-order valence-corrected chi connectivity index (χ0v) is 11.8. The number of nitrogens with zero attached hydrogens (tertiary/aromatic N) is 3. The summed E-state index contributed by atoms with van der Waals surface area (Å²) < 4.78 is 0.792. The van der Waals surface area contributed by atoms with Gasteiger partial charge in [0.25, 0.3) is 0 Å². The topological polar surface area (TPSA) is 75.2 Å². The predicted octanol–water partition coefficient (Wildman–Crippen LogP) is 0.500. The van der Waals surface area contributed by atoms with Crippen molar-refractivity contribution >= 4 is 27.7 Å². The Hall–Kier alpha value is -1.76. The first-order chi connectivity index (χ1) is 9.10. The highest BCUT2D eigenvalue weighted by Crippen LogP contribution is 2.15. The van der Waals surface area contributed by atoms with Crippen LogP contribution in [0.1, 0.15) is 5.82 Å². The summed E-state index contributed by atoms with van der Waals surface area (Å²) in [6.07, 6.45) is 4.51. The molecular formula is C12H13BrN4O2. The van der Waals surface area contributed by atoms with Gasteiger partial charge in [-0.1, -0.05) is 6.58 Å². The molecule has 0 spiro atoms. The molecule has 1 saturated heterocycles. The van der Waals surface area contributed by atoms with E-state index in [4.69, 9.17) is 0 Å². The number of hydrogen-bond acceptors (Lipinski definition) is 4. The number of nitrogens with one attached hydrogen (secondary N) is 1. The van der Waals surface area contributed by atoms with Crippen LogP contribution in [0.4, 0.5) is 0 Å². The number of halogens is 1. The van der Waals surface area contributed by atoms with Crippen molar-refractivity contribution in [1.82, 2.24) is 20.2 Å². The molecule has 1 fully saturated rings. The van der Waals surface area contributed by atoms with Gasteiger partial charge in [-0.15, -0.1) is 0 Å². The second kappa shape index (κ2) is 5.92. The van der Waals surface area contributed by atoms with Gasteiger partial charge >= 0.3 is 0 Å². The Labute approximate surface area is 119 Å². The minimum atomic E-state index is -0.153. The number of hydrogen-bond donors (Lipinski definition) is 1. The monoisotopic (exact) mass is 324 g/mol. The van der Waals surface area contributed by atoms with E-state index in [0.29, 0.717) is 18.9 Å². The summed E-state index contributed by atoms with van der Waals surface area (Å²) >= 11 is 3.24. The number of aromatic nitrogens is 2. The van der Waals surface area contributed by atoms with Gasteiger partial charge in [0.1, 0.15) is 5.82 Å². The standard InChI is InChI=1S/C12H13BrN4O2/c1-2-11(18)17-6-8(7-17)12(19)16-5-10-14-3-9(13)4-15-10/h2-4,8H,1,5-7H2,(H,16,19). The molecule has 0 bridgehead atoms. The van der Waals surface area contributed by atoms with Crippen molar-refractivity contribution in [3.05, 3.63) is 35.3 Å². The van der Waals surface area contributed by atoms with Crippen LogP contribution in [0.3, 0.4) is 0 Å². The molecule has 6 nitrogen and oxygen atoms in total. The van der Waals surface area contributed by atoms with E-state index in [2.05, 4.69) is 37.8 Å². The van der Waals surface area contributed by atoms with Gasteiger partial charge in [-0.3, -0.25) is 9.59 Å². The number of rotatable bonds is 4. The van der Waals surface area contributed by atoms with Crippen molar-refractivity contribution in [3.8, 4) is 0 Å². The largest absolute Gasteiger partial charge is 0.348 e. The fraction of sp³-hybridized carbons (Fsp3) is 0.333. The molecule has 1 aliphatic rings. The second-order valence-corrected chi connectivity index (χ2v) is 5.10. The van der Waals surface area contributed by atoms with Gasteiger partial charge in [-0.25, -0.2) is 9.97 Å². The van der Waals surface area contributed by atoms with Gasteiger partial charge < -0.3 is 10.2 Å². The number of carbonyl (C=O) groups excluding carboxylic acids is 2. The zero-order valence-electron chi connectivity index (χ0n) is 10.2. The second-order valence-electron chi connectivity index (χ2n) is 4.18. The molecule has 7 heteroatoms. The molecule has 0 atom stereocenters. The molecule has 0 aromatic carbocycles. The van der Waals surface area contributed by atoms with Crippen LogP contribution in [0.25, 0.3) is 0 Å². The average molecular weight is 325 g/mol. The Bertz CT molecular complexity index is 497. The van der Waals surface area contributed by atoms with E-state index in [9.17, 15) is 9.59 Å². The lowest BCUT2D eigenvalue weighted by Gasteiger charge is -2.37. The number of likely N-dealkylation sites (tertiary alicyclic amines) is 1. The number of amides is 2. The van der Waals surface area contributed by atoms with Crippen LogP contribution in [0, 0.1) is 5.92 Å². The first-order valence-electron chi connectivity index (χ1n) is 5.75. The van der Waals surface area contributed by atoms with Crippen LogP contribution in [-0.2, 0) is 16.1 Å². The fourth-order valence-electron chi connectivity index (χ4n) is 1.69. The van der Waals surface area contributed by atoms with E-state index < -0.39 is 0 Å². The van der Waals surface area contributed by atoms with Crippen molar-refractivity contribution < 1.29 is 9.59 Å². The molecule has 2 rings (SSSR count). The summed E-state index contributed by atoms with van der Waals surface area (Å²) in [7, 11) is 0. The van der Waals surface area contributed by atoms with Gasteiger partial charge in [0.2, 0.25) is 11.8 Å². The lowest BCUT2D eigenvalue weighted by Crippen LogP contribution is -2.55. The minimum Gasteiger partial charge on any atom is -0.348 e. The third-order valence-electron chi connectivity index (χ3n) is 2.83. The molecule has 19 heavy (non-hydrogen) atoms. The Morgan fingerprint density at radius 3 is 2.68 bits per heavy atom. The van der Waals surface area contributed by atoms with Crippen LogP contribution in [0.2, 0.25) is 0 Å². The highest BCUT2D eigenvalue weighted by molar-refractivity contribution is 9.10. The number of carbonyl (C=O) groups is 2. The van der Waals surface area contributed by atoms with E-state index in [-0.39, 0.29) is 24.3 Å². The summed E-state index contributed by atoms with van der Waals surface area (Å²) in [6, 6.07) is 0. The summed E-state index contributed by atoms with van der Waals surface area (Å²) in [5.74, 6) is 0.175. The van der Waals surface area contributed by atoms with Gasteiger partial charge in [0.05, 0.1) is 16.9 Å². The molecular weight excluding hydrogens is 312 g/mol. The predicted molar refractivity (Wildman–Crippen MR) is 71.8 cm³/mol. The molecule has 2 amide bonds. The third-order valence-corrected chi connectivity index (χ3v) is 3.24. The Kier molecular flexibility index (Phi) is 4.26. The molecule has 1 aliphatic heterocycles. The Morgan fingerprint density at radius 2 is 2.11 bits per heavy atom. The molecule has 1 aromatic heterocycles. The van der Waals surface area contributed by atoms with E-state index in [1.807, 2.05) is 0 Å². The summed E-state index contributed by atoms with van der Waals surface area (Å²) in [5.41, 5.74) is 0. The first kappa shape index (κ1) is 13.7. The first-order valence-corrected chi connectivity index (χ1v) is 6.55. The van der Waals surface area contributed by atoms with Crippen LogP contribution in [0.15, 0.2) is 29.5 Å². The molecule has 1 aromatic rings. The molecule has 0 saturated carbocycles. The van der Waals surface area contributed by atoms with E-state index in [1.165, 1.54) is 6.08 Å². The lowest BCUT2D eigenvalue weighted by molar-refractivity contribution is -0.139. The van der Waals surface area contributed by atoms with Gasteiger partial charge in [-0.2, -0.15) is 0 Å². The van der Waals surface area contributed by atoms with Crippen molar-refractivity contribution in [3.63, 3.8) is 0 Å². The van der Waals surface area contributed by atoms with E-state index in [0.717, 1.165) is 4.47 Å². The maximum absolute atomic E-state index is 11.8. The smallest absolute Gasteiger partial charge is 0.246 e. The average Bonchev–Trinajstić information content (AvgIpc) is 2.36.